The van der Waals surface area contributed by atoms with Crippen LogP contribution in [0.1, 0.15) is 77.9 Å². The minimum Gasteiger partial charge on any atom is -0.470 e. The van der Waals surface area contributed by atoms with Gasteiger partial charge in [0.15, 0.2) is 0 Å². The van der Waals surface area contributed by atoms with Gasteiger partial charge >= 0.3 is 6.09 Å². The number of fused-ring (bicyclic) bond motifs is 1. The van der Waals surface area contributed by atoms with Gasteiger partial charge in [-0.25, -0.2) is 18.7 Å². The number of rotatable bonds is 4. The molecule has 1 fully saturated rings. The van der Waals surface area contributed by atoms with Crippen LogP contribution in [0.2, 0.25) is 0 Å². The second kappa shape index (κ2) is 8.39. The zero-order chi connectivity index (χ0) is 22.3. The number of thiazole rings is 1. The quantitative estimate of drug-likeness (QED) is 0.733. The number of hydrogen-bond donors (Lipinski definition) is 1. The van der Waals surface area contributed by atoms with E-state index < -0.39 is 16.6 Å². The SMILES string of the molecule is CCOc1nc2c(s1)[C@@H](N[S@](=O)C(C)(C)C)C1(CCN(C(=O)OC(C)(C)C)CC1)C2. The summed E-state index contributed by atoms with van der Waals surface area (Å²) in [5, 5.41) is 0.678. The zero-order valence-corrected chi connectivity index (χ0v) is 20.8. The van der Waals surface area contributed by atoms with Crippen molar-refractivity contribution in [2.24, 2.45) is 5.41 Å². The molecule has 0 radical (unpaired) electrons. The van der Waals surface area contributed by atoms with Crippen molar-refractivity contribution >= 4 is 28.4 Å². The predicted molar refractivity (Wildman–Crippen MR) is 120 cm³/mol. The number of amides is 1. The van der Waals surface area contributed by atoms with Crippen LogP contribution >= 0.6 is 11.3 Å². The summed E-state index contributed by atoms with van der Waals surface area (Å²) in [4.78, 5) is 20.1. The third-order valence-corrected chi connectivity index (χ3v) is 8.20. The van der Waals surface area contributed by atoms with Crippen LogP contribution in [0.5, 0.6) is 5.19 Å². The molecule has 170 valence electrons. The lowest BCUT2D eigenvalue weighted by Gasteiger charge is -2.43. The standard InChI is InChI=1S/C21H35N3O4S2/c1-8-27-17-22-14-13-21(16(15(14)29-17)23-30(26)20(5,6)7)9-11-24(12-10-21)18(25)28-19(2,3)4/h16,23H,8-13H2,1-7H3/t16-,30-/m1/s1. The van der Waals surface area contributed by atoms with Crippen molar-refractivity contribution in [3.05, 3.63) is 10.6 Å². The van der Waals surface area contributed by atoms with Crippen molar-refractivity contribution in [1.29, 1.82) is 0 Å². The van der Waals surface area contributed by atoms with Gasteiger partial charge in [0, 0.05) is 23.4 Å². The van der Waals surface area contributed by atoms with Gasteiger partial charge < -0.3 is 14.4 Å². The highest BCUT2D eigenvalue weighted by atomic mass is 32.2. The van der Waals surface area contributed by atoms with Crippen LogP contribution in [0.4, 0.5) is 4.79 Å². The smallest absolute Gasteiger partial charge is 0.410 e. The molecule has 1 N–H and O–H groups in total. The van der Waals surface area contributed by atoms with Crippen molar-refractivity contribution in [2.45, 2.75) is 84.1 Å². The Hall–Kier alpha value is -1.19. The van der Waals surface area contributed by atoms with E-state index in [1.54, 1.807) is 16.2 Å². The maximum Gasteiger partial charge on any atom is 0.410 e. The van der Waals surface area contributed by atoms with Gasteiger partial charge in [0.2, 0.25) is 0 Å². The third-order valence-electron chi connectivity index (χ3n) is 5.56. The highest BCUT2D eigenvalue weighted by Crippen LogP contribution is 2.55. The van der Waals surface area contributed by atoms with Crippen LogP contribution in [-0.4, -0.2) is 50.2 Å². The molecule has 0 bridgehead atoms. The van der Waals surface area contributed by atoms with E-state index in [9.17, 15) is 9.00 Å². The Balaban J connectivity index is 1.80. The van der Waals surface area contributed by atoms with Gasteiger partial charge in [0.05, 0.1) is 34.1 Å². The number of nitrogens with zero attached hydrogens (tertiary/aromatic N) is 2. The fraction of sp³-hybridized carbons (Fsp3) is 0.810. The first kappa shape index (κ1) is 23.5. The van der Waals surface area contributed by atoms with Gasteiger partial charge in [-0.1, -0.05) is 11.3 Å². The van der Waals surface area contributed by atoms with Crippen LogP contribution in [-0.2, 0) is 22.1 Å². The van der Waals surface area contributed by atoms with Crippen molar-refractivity contribution < 1.29 is 18.5 Å². The molecule has 1 saturated heterocycles. The maximum atomic E-state index is 13.0. The highest BCUT2D eigenvalue weighted by Gasteiger charge is 2.51. The molecule has 2 heterocycles. The number of carbonyl (C=O) groups is 1. The number of piperidine rings is 1. The van der Waals surface area contributed by atoms with Gasteiger partial charge in [-0.05, 0) is 67.7 Å². The number of nitrogens with one attached hydrogen (secondary N) is 1. The molecule has 1 amide bonds. The molecule has 1 aliphatic carbocycles. The van der Waals surface area contributed by atoms with Gasteiger partial charge in [0.1, 0.15) is 5.60 Å². The second-order valence-corrected chi connectivity index (χ2v) is 13.2. The predicted octanol–water partition coefficient (Wildman–Crippen LogP) is 4.21. The molecule has 1 aliphatic heterocycles. The molecule has 0 unspecified atom stereocenters. The minimum atomic E-state index is -1.20. The molecule has 3 rings (SSSR count). The van der Waals surface area contributed by atoms with Crippen molar-refractivity contribution in [3.8, 4) is 5.19 Å². The van der Waals surface area contributed by atoms with Gasteiger partial charge in [0.25, 0.3) is 5.19 Å². The van der Waals surface area contributed by atoms with Crippen LogP contribution in [0.25, 0.3) is 0 Å². The molecular weight excluding hydrogens is 422 g/mol. The molecule has 1 aromatic heterocycles. The van der Waals surface area contributed by atoms with E-state index in [1.165, 1.54) is 0 Å². The largest absolute Gasteiger partial charge is 0.470 e. The van der Waals surface area contributed by atoms with E-state index >= 15 is 0 Å². The van der Waals surface area contributed by atoms with E-state index in [2.05, 4.69) is 4.72 Å². The van der Waals surface area contributed by atoms with E-state index in [-0.39, 0.29) is 22.3 Å². The normalized spacial score (nSPS) is 22.1. The van der Waals surface area contributed by atoms with Crippen LogP contribution in [0.3, 0.4) is 0 Å². The molecule has 7 nitrogen and oxygen atoms in total. The average molecular weight is 458 g/mol. The van der Waals surface area contributed by atoms with E-state index in [0.717, 1.165) is 29.8 Å². The molecule has 2 aliphatic rings. The highest BCUT2D eigenvalue weighted by molar-refractivity contribution is 7.84. The summed E-state index contributed by atoms with van der Waals surface area (Å²) >= 11 is 1.55. The fourth-order valence-electron chi connectivity index (χ4n) is 3.98. The number of carbonyl (C=O) groups excluding carboxylic acids is 1. The van der Waals surface area contributed by atoms with Crippen molar-refractivity contribution in [3.63, 3.8) is 0 Å². The monoisotopic (exact) mass is 457 g/mol. The maximum absolute atomic E-state index is 13.0. The second-order valence-electron chi connectivity index (χ2n) is 10.2. The summed E-state index contributed by atoms with van der Waals surface area (Å²) in [7, 11) is -1.20. The van der Waals surface area contributed by atoms with Gasteiger partial charge in [-0.2, -0.15) is 0 Å². The van der Waals surface area contributed by atoms with Crippen molar-refractivity contribution in [1.82, 2.24) is 14.6 Å². The fourth-order valence-corrected chi connectivity index (χ4v) is 6.17. The third kappa shape index (κ3) is 4.99. The first-order valence-corrected chi connectivity index (χ1v) is 12.6. The first-order chi connectivity index (χ1) is 13.8. The van der Waals surface area contributed by atoms with Crippen LogP contribution in [0, 0.1) is 5.41 Å². The Morgan fingerprint density at radius 3 is 2.43 bits per heavy atom. The van der Waals surface area contributed by atoms with E-state index in [1.807, 2.05) is 48.5 Å². The molecule has 9 heteroatoms. The van der Waals surface area contributed by atoms with Crippen LogP contribution < -0.4 is 9.46 Å². The zero-order valence-electron chi connectivity index (χ0n) is 19.2. The lowest BCUT2D eigenvalue weighted by Crippen LogP contribution is -2.49. The first-order valence-electron chi connectivity index (χ1n) is 10.6. The molecule has 30 heavy (non-hydrogen) atoms. The number of aromatic nitrogens is 1. The van der Waals surface area contributed by atoms with Gasteiger partial charge in [-0.15, -0.1) is 0 Å². The number of ether oxygens (including phenoxy) is 2. The summed E-state index contributed by atoms with van der Waals surface area (Å²) < 4.78 is 27.2. The summed E-state index contributed by atoms with van der Waals surface area (Å²) in [6, 6.07) is -0.0555. The minimum absolute atomic E-state index is 0.0555. The molecule has 1 aromatic rings. The van der Waals surface area contributed by atoms with Crippen molar-refractivity contribution in [2.75, 3.05) is 19.7 Å². The summed E-state index contributed by atoms with van der Waals surface area (Å²) in [5.41, 5.74) is 0.438. The molecular formula is C21H35N3O4S2. The summed E-state index contributed by atoms with van der Waals surface area (Å²) in [6.07, 6.45) is 2.19. The molecule has 2 atom stereocenters. The molecule has 1 spiro atoms. The topological polar surface area (TPSA) is 80.8 Å². The molecule has 0 saturated carbocycles. The Kier molecular flexibility index (Phi) is 6.56. The Morgan fingerprint density at radius 1 is 1.27 bits per heavy atom. The van der Waals surface area contributed by atoms with Crippen LogP contribution in [0.15, 0.2) is 0 Å². The van der Waals surface area contributed by atoms with E-state index in [4.69, 9.17) is 14.5 Å². The Morgan fingerprint density at radius 2 is 1.90 bits per heavy atom. The average Bonchev–Trinajstić information content (AvgIpc) is 3.10. The lowest BCUT2D eigenvalue weighted by atomic mass is 9.74. The van der Waals surface area contributed by atoms with E-state index in [0.29, 0.717) is 24.9 Å². The van der Waals surface area contributed by atoms with Gasteiger partial charge in [-0.3, -0.25) is 0 Å². The number of likely N-dealkylation sites (tertiary alicyclic amines) is 1. The Labute approximate surface area is 186 Å². The number of hydrogen-bond acceptors (Lipinski definition) is 6. The summed E-state index contributed by atoms with van der Waals surface area (Å²) in [5.74, 6) is 0. The molecule has 0 aromatic carbocycles. The summed E-state index contributed by atoms with van der Waals surface area (Å²) in [6.45, 7) is 15.4. The Bertz CT molecular complexity index is 802. The lowest BCUT2D eigenvalue weighted by molar-refractivity contribution is 0.00725.